The minimum atomic E-state index is 0.563. The lowest BCUT2D eigenvalue weighted by Gasteiger charge is -2.10. The first-order valence-corrected chi connectivity index (χ1v) is 7.49. The van der Waals surface area contributed by atoms with E-state index in [2.05, 4.69) is 17.4 Å². The molecule has 118 valence electrons. The Balaban J connectivity index is 1.84. The van der Waals surface area contributed by atoms with Crippen LogP contribution in [0, 0.1) is 0 Å². The molecule has 0 saturated carbocycles. The van der Waals surface area contributed by atoms with Crippen molar-refractivity contribution in [1.82, 2.24) is 0 Å². The Morgan fingerprint density at radius 2 is 1.73 bits per heavy atom. The van der Waals surface area contributed by atoms with Gasteiger partial charge in [0, 0.05) is 19.3 Å². The van der Waals surface area contributed by atoms with Crippen molar-refractivity contribution in [3.8, 4) is 11.5 Å². The Labute approximate surface area is 132 Å². The summed E-state index contributed by atoms with van der Waals surface area (Å²) < 4.78 is 16.0. The third-order valence-electron chi connectivity index (χ3n) is 3.12. The van der Waals surface area contributed by atoms with Gasteiger partial charge in [0.05, 0.1) is 13.2 Å². The third-order valence-corrected chi connectivity index (χ3v) is 3.12. The predicted molar refractivity (Wildman–Crippen MR) is 88.8 cm³/mol. The van der Waals surface area contributed by atoms with Crippen LogP contribution in [-0.2, 0) is 11.3 Å². The van der Waals surface area contributed by atoms with Crippen LogP contribution in [0.1, 0.15) is 12.5 Å². The lowest BCUT2D eigenvalue weighted by molar-refractivity contribution is 0.146. The van der Waals surface area contributed by atoms with Gasteiger partial charge >= 0.3 is 0 Å². The van der Waals surface area contributed by atoms with Gasteiger partial charge in [0.2, 0.25) is 0 Å². The highest BCUT2D eigenvalue weighted by molar-refractivity contribution is 5.47. The largest absolute Gasteiger partial charge is 0.494 e. The quantitative estimate of drug-likeness (QED) is 0.717. The van der Waals surface area contributed by atoms with Gasteiger partial charge in [-0.15, -0.1) is 0 Å². The molecule has 2 aromatic carbocycles. The number of anilines is 1. The second kappa shape index (κ2) is 8.95. The van der Waals surface area contributed by atoms with Gasteiger partial charge in [0.1, 0.15) is 18.1 Å². The van der Waals surface area contributed by atoms with Crippen molar-refractivity contribution in [2.75, 3.05) is 32.2 Å². The molecule has 0 aliphatic heterocycles. The first-order chi connectivity index (χ1) is 10.8. The second-order valence-electron chi connectivity index (χ2n) is 4.80. The Morgan fingerprint density at radius 3 is 2.45 bits per heavy atom. The van der Waals surface area contributed by atoms with E-state index in [1.807, 2.05) is 43.3 Å². The summed E-state index contributed by atoms with van der Waals surface area (Å²) in [6.07, 6.45) is 0. The molecular weight excluding hydrogens is 278 g/mol. The lowest BCUT2D eigenvalue weighted by atomic mass is 10.2. The first-order valence-electron chi connectivity index (χ1n) is 7.49. The van der Waals surface area contributed by atoms with E-state index >= 15 is 0 Å². The van der Waals surface area contributed by atoms with Gasteiger partial charge in [-0.1, -0.05) is 12.1 Å². The second-order valence-corrected chi connectivity index (χ2v) is 4.80. The molecule has 0 fully saturated rings. The molecule has 0 atom stereocenters. The summed E-state index contributed by atoms with van der Waals surface area (Å²) in [5.41, 5.74) is 2.24. The number of nitrogens with one attached hydrogen (secondary N) is 1. The van der Waals surface area contributed by atoms with Crippen LogP contribution in [0.2, 0.25) is 0 Å². The highest BCUT2D eigenvalue weighted by atomic mass is 16.5. The summed E-state index contributed by atoms with van der Waals surface area (Å²) in [7, 11) is 1.66. The summed E-state index contributed by atoms with van der Waals surface area (Å²) in [6, 6.07) is 16.0. The predicted octanol–water partition coefficient (Wildman–Crippen LogP) is 3.72. The Bertz CT molecular complexity index is 555. The van der Waals surface area contributed by atoms with Crippen LogP contribution in [0.5, 0.6) is 11.5 Å². The molecule has 4 heteroatoms. The number of hydrogen-bond donors (Lipinski definition) is 1. The lowest BCUT2D eigenvalue weighted by Crippen LogP contribution is -2.04. The van der Waals surface area contributed by atoms with Gasteiger partial charge in [-0.2, -0.15) is 0 Å². The van der Waals surface area contributed by atoms with E-state index in [0.717, 1.165) is 23.7 Å². The van der Waals surface area contributed by atoms with Gasteiger partial charge in [-0.3, -0.25) is 0 Å². The molecule has 22 heavy (non-hydrogen) atoms. The molecule has 1 N–H and O–H groups in total. The van der Waals surface area contributed by atoms with Crippen molar-refractivity contribution < 1.29 is 14.2 Å². The Hall–Kier alpha value is -2.20. The van der Waals surface area contributed by atoms with E-state index in [1.165, 1.54) is 5.56 Å². The molecule has 0 heterocycles. The summed E-state index contributed by atoms with van der Waals surface area (Å²) >= 11 is 0. The van der Waals surface area contributed by atoms with Gasteiger partial charge in [0.15, 0.2) is 0 Å². The van der Waals surface area contributed by atoms with Crippen molar-refractivity contribution in [3.05, 3.63) is 54.1 Å². The minimum Gasteiger partial charge on any atom is -0.494 e. The summed E-state index contributed by atoms with van der Waals surface area (Å²) in [4.78, 5) is 0. The molecule has 0 spiro atoms. The smallest absolute Gasteiger partial charge is 0.119 e. The molecule has 4 nitrogen and oxygen atoms in total. The zero-order chi connectivity index (χ0) is 15.6. The van der Waals surface area contributed by atoms with Gasteiger partial charge in [-0.25, -0.2) is 0 Å². The summed E-state index contributed by atoms with van der Waals surface area (Å²) in [5.74, 6) is 1.75. The summed E-state index contributed by atoms with van der Waals surface area (Å²) in [6.45, 7) is 4.58. The Kier molecular flexibility index (Phi) is 6.58. The van der Waals surface area contributed by atoms with Crippen molar-refractivity contribution in [3.63, 3.8) is 0 Å². The van der Waals surface area contributed by atoms with E-state index < -0.39 is 0 Å². The van der Waals surface area contributed by atoms with E-state index in [1.54, 1.807) is 7.11 Å². The highest BCUT2D eigenvalue weighted by Gasteiger charge is 1.98. The molecule has 2 aromatic rings. The van der Waals surface area contributed by atoms with Crippen molar-refractivity contribution >= 4 is 5.69 Å². The Morgan fingerprint density at radius 1 is 0.909 bits per heavy atom. The fraction of sp³-hybridized carbons (Fsp3) is 0.333. The SMILES string of the molecule is CCOc1cccc(CNc2ccc(OCCOC)cc2)c1. The number of methoxy groups -OCH3 is 1. The molecule has 0 aliphatic carbocycles. The summed E-state index contributed by atoms with van der Waals surface area (Å²) in [5, 5.41) is 3.39. The molecule has 0 aromatic heterocycles. The molecule has 0 radical (unpaired) electrons. The third kappa shape index (κ3) is 5.30. The van der Waals surface area contributed by atoms with Crippen molar-refractivity contribution in [1.29, 1.82) is 0 Å². The standard InChI is InChI=1S/C18H23NO3/c1-3-21-18-6-4-5-15(13-18)14-19-16-7-9-17(10-8-16)22-12-11-20-2/h4-10,13,19H,3,11-12,14H2,1-2H3. The monoisotopic (exact) mass is 301 g/mol. The fourth-order valence-corrected chi connectivity index (χ4v) is 2.03. The van der Waals surface area contributed by atoms with Gasteiger partial charge < -0.3 is 19.5 Å². The van der Waals surface area contributed by atoms with E-state index in [9.17, 15) is 0 Å². The van der Waals surface area contributed by atoms with Crippen LogP contribution >= 0.6 is 0 Å². The van der Waals surface area contributed by atoms with Crippen LogP contribution < -0.4 is 14.8 Å². The minimum absolute atomic E-state index is 0.563. The molecule has 0 unspecified atom stereocenters. The fourth-order valence-electron chi connectivity index (χ4n) is 2.03. The van der Waals surface area contributed by atoms with E-state index in [0.29, 0.717) is 19.8 Å². The number of hydrogen-bond acceptors (Lipinski definition) is 4. The first kappa shape index (κ1) is 16.2. The zero-order valence-corrected chi connectivity index (χ0v) is 13.2. The topological polar surface area (TPSA) is 39.7 Å². The van der Waals surface area contributed by atoms with E-state index in [4.69, 9.17) is 14.2 Å². The normalized spacial score (nSPS) is 10.3. The van der Waals surface area contributed by atoms with E-state index in [-0.39, 0.29) is 0 Å². The molecule has 0 amide bonds. The maximum absolute atomic E-state index is 5.54. The average molecular weight is 301 g/mol. The van der Waals surface area contributed by atoms with Crippen LogP contribution in [0.4, 0.5) is 5.69 Å². The molecular formula is C18H23NO3. The maximum Gasteiger partial charge on any atom is 0.119 e. The molecule has 0 saturated heterocycles. The maximum atomic E-state index is 5.54. The van der Waals surface area contributed by atoms with Crippen LogP contribution in [0.3, 0.4) is 0 Å². The molecule has 2 rings (SSSR count). The van der Waals surface area contributed by atoms with Crippen LogP contribution in [0.25, 0.3) is 0 Å². The number of rotatable bonds is 9. The highest BCUT2D eigenvalue weighted by Crippen LogP contribution is 2.18. The zero-order valence-electron chi connectivity index (χ0n) is 13.2. The van der Waals surface area contributed by atoms with Crippen LogP contribution in [0.15, 0.2) is 48.5 Å². The number of benzene rings is 2. The van der Waals surface area contributed by atoms with Crippen LogP contribution in [-0.4, -0.2) is 26.9 Å². The van der Waals surface area contributed by atoms with Crippen molar-refractivity contribution in [2.24, 2.45) is 0 Å². The molecule has 0 bridgehead atoms. The van der Waals surface area contributed by atoms with Crippen molar-refractivity contribution in [2.45, 2.75) is 13.5 Å². The molecule has 0 aliphatic rings. The number of ether oxygens (including phenoxy) is 3. The van der Waals surface area contributed by atoms with Gasteiger partial charge in [-0.05, 0) is 48.9 Å². The average Bonchev–Trinajstić information content (AvgIpc) is 2.55. The van der Waals surface area contributed by atoms with Gasteiger partial charge in [0.25, 0.3) is 0 Å².